The minimum absolute atomic E-state index is 0.0870. The van der Waals surface area contributed by atoms with Crippen molar-refractivity contribution in [3.63, 3.8) is 0 Å². The summed E-state index contributed by atoms with van der Waals surface area (Å²) in [6.07, 6.45) is 2.24. The number of ether oxygens (including phenoxy) is 1. The lowest BCUT2D eigenvalue weighted by molar-refractivity contribution is -0.129. The average molecular weight is 352 g/mol. The van der Waals surface area contributed by atoms with E-state index in [2.05, 4.69) is 0 Å². The summed E-state index contributed by atoms with van der Waals surface area (Å²) in [7, 11) is 0. The van der Waals surface area contributed by atoms with Gasteiger partial charge in [0.2, 0.25) is 5.91 Å². The Hall–Kier alpha value is -1.76. The molecule has 2 aliphatic heterocycles. The number of halogens is 1. The smallest absolute Gasteiger partial charge is 0.410 e. The van der Waals surface area contributed by atoms with E-state index in [4.69, 9.17) is 4.74 Å². The van der Waals surface area contributed by atoms with Gasteiger partial charge in [-0.05, 0) is 43.5 Å². The van der Waals surface area contributed by atoms with E-state index in [-0.39, 0.29) is 23.9 Å². The number of thioether (sulfide) groups is 1. The number of carbonyl (C=O) groups is 2. The third-order valence-electron chi connectivity index (χ3n) is 4.44. The molecule has 7 heteroatoms. The number of benzene rings is 1. The largest absolute Gasteiger partial charge is 0.449 e. The van der Waals surface area contributed by atoms with Gasteiger partial charge in [0, 0.05) is 30.6 Å². The molecule has 24 heavy (non-hydrogen) atoms. The highest BCUT2D eigenvalue weighted by atomic mass is 32.2. The van der Waals surface area contributed by atoms with Crippen molar-refractivity contribution in [2.75, 3.05) is 32.0 Å². The summed E-state index contributed by atoms with van der Waals surface area (Å²) in [6.45, 7) is 2.58. The Morgan fingerprint density at radius 3 is 2.58 bits per heavy atom. The van der Waals surface area contributed by atoms with Gasteiger partial charge in [-0.3, -0.25) is 4.79 Å². The molecule has 0 radical (unpaired) electrons. The van der Waals surface area contributed by atoms with E-state index in [1.54, 1.807) is 17.0 Å². The van der Waals surface area contributed by atoms with Crippen LogP contribution in [-0.2, 0) is 9.53 Å². The number of hydrogen-bond donors (Lipinski definition) is 0. The quantitative estimate of drug-likeness (QED) is 0.782. The molecule has 2 fully saturated rings. The maximum Gasteiger partial charge on any atom is 0.410 e. The molecular formula is C17H21FN2O3S. The van der Waals surface area contributed by atoms with Crippen LogP contribution >= 0.6 is 11.8 Å². The summed E-state index contributed by atoms with van der Waals surface area (Å²) in [6, 6.07) is 6.33. The molecule has 0 spiro atoms. The van der Waals surface area contributed by atoms with Crippen LogP contribution in [-0.4, -0.2) is 59.8 Å². The number of cyclic esters (lactones) is 1. The molecule has 130 valence electrons. The van der Waals surface area contributed by atoms with Crippen LogP contribution in [0.1, 0.15) is 19.3 Å². The molecular weight excluding hydrogens is 331 g/mol. The Bertz CT molecular complexity index is 588. The van der Waals surface area contributed by atoms with E-state index >= 15 is 0 Å². The monoisotopic (exact) mass is 352 g/mol. The van der Waals surface area contributed by atoms with Crippen LogP contribution in [0.25, 0.3) is 0 Å². The van der Waals surface area contributed by atoms with E-state index in [1.807, 2.05) is 4.90 Å². The Kier molecular flexibility index (Phi) is 5.60. The van der Waals surface area contributed by atoms with E-state index < -0.39 is 0 Å². The summed E-state index contributed by atoms with van der Waals surface area (Å²) in [4.78, 5) is 28.6. The Balaban J connectivity index is 1.44. The van der Waals surface area contributed by atoms with Crippen molar-refractivity contribution in [2.24, 2.45) is 0 Å². The number of piperidine rings is 1. The standard InChI is InChI=1S/C17H21FN2O3S/c18-13-2-4-15(5-3-13)24-12-16(21)19-9-6-14(7-10-19)20-8-1-11-23-17(20)22/h2-5,14H,1,6-12H2. The van der Waals surface area contributed by atoms with Gasteiger partial charge in [-0.1, -0.05) is 0 Å². The number of carbonyl (C=O) groups excluding carboxylic acids is 2. The summed E-state index contributed by atoms with van der Waals surface area (Å²) in [5, 5.41) is 0. The van der Waals surface area contributed by atoms with Crippen LogP contribution < -0.4 is 0 Å². The fraction of sp³-hybridized carbons (Fsp3) is 0.529. The van der Waals surface area contributed by atoms with E-state index in [9.17, 15) is 14.0 Å². The van der Waals surface area contributed by atoms with Crippen molar-refractivity contribution in [3.05, 3.63) is 30.1 Å². The van der Waals surface area contributed by atoms with Crippen molar-refractivity contribution >= 4 is 23.8 Å². The van der Waals surface area contributed by atoms with Crippen LogP contribution in [0.5, 0.6) is 0 Å². The lowest BCUT2D eigenvalue weighted by Gasteiger charge is -2.39. The third-order valence-corrected chi connectivity index (χ3v) is 5.43. The molecule has 5 nitrogen and oxygen atoms in total. The predicted octanol–water partition coefficient (Wildman–Crippen LogP) is 2.75. The molecule has 0 bridgehead atoms. The summed E-state index contributed by atoms with van der Waals surface area (Å²) in [5.74, 6) is 0.162. The fourth-order valence-electron chi connectivity index (χ4n) is 3.09. The Morgan fingerprint density at radius 2 is 1.92 bits per heavy atom. The van der Waals surface area contributed by atoms with Crippen LogP contribution in [0.3, 0.4) is 0 Å². The van der Waals surface area contributed by atoms with E-state index in [1.165, 1.54) is 23.9 Å². The van der Waals surface area contributed by atoms with Crippen LogP contribution in [0.2, 0.25) is 0 Å². The molecule has 1 aromatic rings. The molecule has 2 amide bonds. The zero-order valence-electron chi connectivity index (χ0n) is 13.4. The Labute approximate surface area is 145 Å². The van der Waals surface area contributed by atoms with Gasteiger partial charge in [-0.15, -0.1) is 11.8 Å². The molecule has 0 N–H and O–H groups in total. The first-order chi connectivity index (χ1) is 11.6. The summed E-state index contributed by atoms with van der Waals surface area (Å²) >= 11 is 1.42. The first-order valence-corrected chi connectivity index (χ1v) is 9.21. The summed E-state index contributed by atoms with van der Waals surface area (Å²) in [5.41, 5.74) is 0. The normalized spacial score (nSPS) is 19.3. The van der Waals surface area contributed by atoms with Crippen molar-refractivity contribution < 1.29 is 18.7 Å². The number of amides is 2. The molecule has 0 aliphatic carbocycles. The molecule has 2 aliphatic rings. The molecule has 1 aromatic carbocycles. The highest BCUT2D eigenvalue weighted by Gasteiger charge is 2.31. The van der Waals surface area contributed by atoms with Gasteiger partial charge in [0.15, 0.2) is 0 Å². The van der Waals surface area contributed by atoms with Crippen molar-refractivity contribution in [1.82, 2.24) is 9.80 Å². The number of hydrogen-bond acceptors (Lipinski definition) is 4. The maximum absolute atomic E-state index is 12.9. The van der Waals surface area contributed by atoms with Crippen molar-refractivity contribution in [3.8, 4) is 0 Å². The number of rotatable bonds is 4. The molecule has 2 saturated heterocycles. The van der Waals surface area contributed by atoms with Gasteiger partial charge in [-0.2, -0.15) is 0 Å². The van der Waals surface area contributed by atoms with E-state index in [0.29, 0.717) is 25.4 Å². The van der Waals surface area contributed by atoms with Crippen LogP contribution in [0, 0.1) is 5.82 Å². The van der Waals surface area contributed by atoms with Gasteiger partial charge < -0.3 is 14.5 Å². The number of nitrogens with zero attached hydrogens (tertiary/aromatic N) is 2. The first kappa shape index (κ1) is 17.1. The highest BCUT2D eigenvalue weighted by Crippen LogP contribution is 2.22. The zero-order valence-corrected chi connectivity index (χ0v) is 14.3. The van der Waals surface area contributed by atoms with Gasteiger partial charge >= 0.3 is 6.09 Å². The molecule has 3 rings (SSSR count). The molecule has 0 atom stereocenters. The second kappa shape index (κ2) is 7.88. The average Bonchev–Trinajstić information content (AvgIpc) is 2.61. The second-order valence-corrected chi connectivity index (χ2v) is 7.06. The Morgan fingerprint density at radius 1 is 1.21 bits per heavy atom. The van der Waals surface area contributed by atoms with E-state index in [0.717, 1.165) is 30.7 Å². The third kappa shape index (κ3) is 4.20. The molecule has 0 aromatic heterocycles. The predicted molar refractivity (Wildman–Crippen MR) is 89.4 cm³/mol. The molecule has 2 heterocycles. The van der Waals surface area contributed by atoms with Gasteiger partial charge in [0.05, 0.1) is 12.4 Å². The topological polar surface area (TPSA) is 49.9 Å². The van der Waals surface area contributed by atoms with Crippen LogP contribution in [0.4, 0.5) is 9.18 Å². The number of likely N-dealkylation sites (tertiary alicyclic amines) is 1. The zero-order chi connectivity index (χ0) is 16.9. The van der Waals surface area contributed by atoms with Crippen LogP contribution in [0.15, 0.2) is 29.2 Å². The minimum Gasteiger partial charge on any atom is -0.449 e. The van der Waals surface area contributed by atoms with Gasteiger partial charge in [0.25, 0.3) is 0 Å². The van der Waals surface area contributed by atoms with Gasteiger partial charge in [-0.25, -0.2) is 9.18 Å². The lowest BCUT2D eigenvalue weighted by atomic mass is 10.0. The molecule has 0 saturated carbocycles. The molecule has 0 unspecified atom stereocenters. The lowest BCUT2D eigenvalue weighted by Crippen LogP contribution is -2.51. The second-order valence-electron chi connectivity index (χ2n) is 6.02. The fourth-order valence-corrected chi connectivity index (χ4v) is 3.90. The van der Waals surface area contributed by atoms with Crippen molar-refractivity contribution in [2.45, 2.75) is 30.2 Å². The maximum atomic E-state index is 12.9. The summed E-state index contributed by atoms with van der Waals surface area (Å²) < 4.78 is 18.0. The SMILES string of the molecule is O=C(CSc1ccc(F)cc1)N1CCC(N2CCCOC2=O)CC1. The van der Waals surface area contributed by atoms with Crippen molar-refractivity contribution in [1.29, 1.82) is 0 Å². The first-order valence-electron chi connectivity index (χ1n) is 8.23. The minimum atomic E-state index is -0.274. The highest BCUT2D eigenvalue weighted by molar-refractivity contribution is 8.00. The van der Waals surface area contributed by atoms with Gasteiger partial charge in [0.1, 0.15) is 5.82 Å².